The molecule has 15 heavy (non-hydrogen) atoms. The molecule has 0 radical (unpaired) electrons. The highest BCUT2D eigenvalue weighted by Crippen LogP contribution is 2.27. The van der Waals surface area contributed by atoms with Crippen molar-refractivity contribution in [3.05, 3.63) is 32.1 Å². The summed E-state index contributed by atoms with van der Waals surface area (Å²) in [4.78, 5) is 18.6. The number of aromatic amines is 1. The molecule has 3 nitrogen and oxygen atoms in total. The Morgan fingerprint density at radius 3 is 2.87 bits per heavy atom. The van der Waals surface area contributed by atoms with Gasteiger partial charge in [0.2, 0.25) is 0 Å². The van der Waals surface area contributed by atoms with E-state index in [4.69, 9.17) is 0 Å². The zero-order valence-corrected chi connectivity index (χ0v) is 10.2. The summed E-state index contributed by atoms with van der Waals surface area (Å²) in [5.74, 6) is 0. The maximum atomic E-state index is 11.3. The van der Waals surface area contributed by atoms with Gasteiger partial charge in [0.25, 0.3) is 0 Å². The van der Waals surface area contributed by atoms with Gasteiger partial charge in [-0.2, -0.15) is 0 Å². The summed E-state index contributed by atoms with van der Waals surface area (Å²) < 4.78 is 0. The van der Waals surface area contributed by atoms with Crippen molar-refractivity contribution in [1.82, 2.24) is 9.88 Å². The summed E-state index contributed by atoms with van der Waals surface area (Å²) in [6.07, 6.45) is 0. The number of nitrogens with zero attached hydrogens (tertiary/aromatic N) is 1. The number of nitrogens with one attached hydrogen (secondary N) is 1. The molecule has 2 aromatic heterocycles. The number of hydrogen-bond acceptors (Lipinski definition) is 4. The molecule has 0 amide bonds. The second-order valence-electron chi connectivity index (χ2n) is 3.53. The van der Waals surface area contributed by atoms with Crippen LogP contribution in [0.25, 0.3) is 10.6 Å². The molecule has 2 heterocycles. The molecule has 0 aliphatic heterocycles. The lowest BCUT2D eigenvalue weighted by Crippen LogP contribution is -2.10. The highest BCUT2D eigenvalue weighted by Gasteiger charge is 2.11. The molecular formula is C10H12N2OS2. The van der Waals surface area contributed by atoms with E-state index in [2.05, 4.69) is 9.88 Å². The van der Waals surface area contributed by atoms with E-state index in [1.165, 1.54) is 11.3 Å². The molecule has 0 bridgehead atoms. The molecule has 0 atom stereocenters. The Kier molecular flexibility index (Phi) is 3.04. The van der Waals surface area contributed by atoms with Gasteiger partial charge in [-0.3, -0.25) is 4.79 Å². The van der Waals surface area contributed by atoms with E-state index in [0.717, 1.165) is 22.0 Å². The first-order chi connectivity index (χ1) is 7.16. The number of aromatic nitrogens is 1. The van der Waals surface area contributed by atoms with Crippen LogP contribution in [0.3, 0.4) is 0 Å². The van der Waals surface area contributed by atoms with Crippen molar-refractivity contribution in [3.63, 3.8) is 0 Å². The van der Waals surface area contributed by atoms with Gasteiger partial charge < -0.3 is 9.88 Å². The zero-order chi connectivity index (χ0) is 10.8. The molecule has 0 saturated carbocycles. The number of thiophene rings is 1. The first-order valence-corrected chi connectivity index (χ1v) is 6.27. The maximum Gasteiger partial charge on any atom is 0.305 e. The van der Waals surface area contributed by atoms with E-state index in [-0.39, 0.29) is 4.87 Å². The average Bonchev–Trinajstić information content (AvgIpc) is 2.72. The Morgan fingerprint density at radius 1 is 1.47 bits per heavy atom. The Labute approximate surface area is 96.0 Å². The highest BCUT2D eigenvalue weighted by molar-refractivity contribution is 7.14. The lowest BCUT2D eigenvalue weighted by Gasteiger charge is -2.08. The first kappa shape index (κ1) is 10.6. The first-order valence-electron chi connectivity index (χ1n) is 4.57. The predicted molar refractivity (Wildman–Crippen MR) is 65.6 cm³/mol. The van der Waals surface area contributed by atoms with Gasteiger partial charge in [-0.05, 0) is 25.5 Å². The lowest BCUT2D eigenvalue weighted by atomic mass is 10.3. The largest absolute Gasteiger partial charge is 0.311 e. The fourth-order valence-electron chi connectivity index (χ4n) is 1.38. The minimum absolute atomic E-state index is 0.0234. The maximum absolute atomic E-state index is 11.3. The van der Waals surface area contributed by atoms with E-state index < -0.39 is 0 Å². The Bertz CT molecular complexity index is 482. The van der Waals surface area contributed by atoms with Gasteiger partial charge in [0.15, 0.2) is 0 Å². The average molecular weight is 240 g/mol. The van der Waals surface area contributed by atoms with E-state index in [9.17, 15) is 4.79 Å². The van der Waals surface area contributed by atoms with Crippen LogP contribution in [0.2, 0.25) is 0 Å². The van der Waals surface area contributed by atoms with Crippen LogP contribution in [0.1, 0.15) is 4.88 Å². The van der Waals surface area contributed by atoms with Gasteiger partial charge in [0, 0.05) is 11.4 Å². The number of hydrogen-bond donors (Lipinski definition) is 1. The predicted octanol–water partition coefficient (Wildman–Crippen LogP) is 2.23. The Morgan fingerprint density at radius 2 is 2.27 bits per heavy atom. The van der Waals surface area contributed by atoms with Crippen LogP contribution in [0, 0.1) is 0 Å². The smallest absolute Gasteiger partial charge is 0.305 e. The van der Waals surface area contributed by atoms with Gasteiger partial charge in [-0.1, -0.05) is 17.4 Å². The molecule has 0 aromatic carbocycles. The van der Waals surface area contributed by atoms with Gasteiger partial charge in [-0.15, -0.1) is 11.3 Å². The fourth-order valence-corrected chi connectivity index (χ4v) is 3.16. The zero-order valence-electron chi connectivity index (χ0n) is 8.61. The molecular weight excluding hydrogens is 228 g/mol. The lowest BCUT2D eigenvalue weighted by molar-refractivity contribution is 0.406. The highest BCUT2D eigenvalue weighted by atomic mass is 32.1. The molecule has 2 rings (SSSR count). The third-order valence-electron chi connectivity index (χ3n) is 1.95. The normalized spacial score (nSPS) is 11.1. The fraction of sp³-hybridized carbons (Fsp3) is 0.300. The Balaban J connectivity index is 2.42. The molecule has 0 aliphatic rings. The quantitative estimate of drug-likeness (QED) is 0.893. The third kappa shape index (κ3) is 2.37. The molecule has 5 heteroatoms. The molecule has 0 fully saturated rings. The van der Waals surface area contributed by atoms with Crippen molar-refractivity contribution in [2.24, 2.45) is 0 Å². The van der Waals surface area contributed by atoms with E-state index in [0.29, 0.717) is 0 Å². The molecule has 1 N–H and O–H groups in total. The van der Waals surface area contributed by atoms with Crippen molar-refractivity contribution in [2.45, 2.75) is 6.54 Å². The van der Waals surface area contributed by atoms with Crippen molar-refractivity contribution in [3.8, 4) is 10.6 Å². The van der Waals surface area contributed by atoms with Crippen LogP contribution in [0.15, 0.2) is 22.3 Å². The Hall–Kier alpha value is -0.910. The van der Waals surface area contributed by atoms with Crippen LogP contribution in [-0.4, -0.2) is 24.0 Å². The summed E-state index contributed by atoms with van der Waals surface area (Å²) in [5.41, 5.74) is 0.980. The van der Waals surface area contributed by atoms with Crippen molar-refractivity contribution in [2.75, 3.05) is 14.1 Å². The van der Waals surface area contributed by atoms with Gasteiger partial charge in [0.1, 0.15) is 0 Å². The standard InChI is InChI=1S/C10H12N2OS2/c1-12(2)6-8-9(11-10(13)15-8)7-4-3-5-14-7/h3-5H,6H2,1-2H3,(H,11,13). The van der Waals surface area contributed by atoms with Crippen molar-refractivity contribution >= 4 is 22.7 Å². The number of H-pyrrole nitrogens is 1. The summed E-state index contributed by atoms with van der Waals surface area (Å²) >= 11 is 2.94. The van der Waals surface area contributed by atoms with Gasteiger partial charge in [-0.25, -0.2) is 0 Å². The minimum atomic E-state index is 0.0234. The molecule has 80 valence electrons. The van der Waals surface area contributed by atoms with E-state index >= 15 is 0 Å². The minimum Gasteiger partial charge on any atom is -0.311 e. The molecule has 0 aliphatic carbocycles. The summed E-state index contributed by atoms with van der Waals surface area (Å²) in [6, 6.07) is 4.03. The molecule has 0 spiro atoms. The van der Waals surface area contributed by atoms with Crippen LogP contribution in [0.5, 0.6) is 0 Å². The number of rotatable bonds is 3. The van der Waals surface area contributed by atoms with Gasteiger partial charge in [0.05, 0.1) is 10.6 Å². The van der Waals surface area contributed by atoms with Crippen LogP contribution < -0.4 is 4.87 Å². The summed E-state index contributed by atoms with van der Waals surface area (Å²) in [6.45, 7) is 0.802. The van der Waals surface area contributed by atoms with Crippen molar-refractivity contribution in [1.29, 1.82) is 0 Å². The molecule has 0 saturated heterocycles. The summed E-state index contributed by atoms with van der Waals surface area (Å²) in [5, 5.41) is 2.02. The molecule has 0 unspecified atom stereocenters. The second-order valence-corrected chi connectivity index (χ2v) is 5.54. The third-order valence-corrected chi connectivity index (χ3v) is 3.70. The monoisotopic (exact) mass is 240 g/mol. The van der Waals surface area contributed by atoms with Crippen LogP contribution in [-0.2, 0) is 6.54 Å². The van der Waals surface area contributed by atoms with E-state index in [1.54, 1.807) is 11.3 Å². The molecule has 2 aromatic rings. The van der Waals surface area contributed by atoms with Crippen LogP contribution in [0.4, 0.5) is 0 Å². The second kappa shape index (κ2) is 4.30. The van der Waals surface area contributed by atoms with Crippen molar-refractivity contribution < 1.29 is 0 Å². The van der Waals surface area contributed by atoms with E-state index in [1.807, 2.05) is 31.6 Å². The van der Waals surface area contributed by atoms with Crippen LogP contribution >= 0.6 is 22.7 Å². The number of thiazole rings is 1. The topological polar surface area (TPSA) is 36.1 Å². The van der Waals surface area contributed by atoms with Gasteiger partial charge >= 0.3 is 4.87 Å². The SMILES string of the molecule is CN(C)Cc1sc(=O)[nH]c1-c1cccs1. The summed E-state index contributed by atoms with van der Waals surface area (Å²) in [7, 11) is 4.00.